The van der Waals surface area contributed by atoms with Crippen molar-refractivity contribution < 1.29 is 9.53 Å². The normalized spacial score (nSPS) is 10.4. The van der Waals surface area contributed by atoms with Crippen LogP contribution in [0.2, 0.25) is 0 Å². The summed E-state index contributed by atoms with van der Waals surface area (Å²) in [4.78, 5) is 20.2. The molecule has 4 nitrogen and oxygen atoms in total. The van der Waals surface area contributed by atoms with Gasteiger partial charge >= 0.3 is 5.97 Å². The van der Waals surface area contributed by atoms with E-state index in [1.807, 2.05) is 54.6 Å². The van der Waals surface area contributed by atoms with E-state index in [4.69, 9.17) is 4.74 Å². The van der Waals surface area contributed by atoms with E-state index in [2.05, 4.69) is 9.97 Å². The molecule has 24 heavy (non-hydrogen) atoms. The van der Waals surface area contributed by atoms with Crippen molar-refractivity contribution in [2.24, 2.45) is 0 Å². The van der Waals surface area contributed by atoms with Crippen LogP contribution < -0.4 is 0 Å². The number of ether oxygens (including phenoxy) is 1. The predicted molar refractivity (Wildman–Crippen MR) is 94.8 cm³/mol. The molecular weight excluding hydrogens is 320 g/mol. The first-order valence-corrected chi connectivity index (χ1v) is 8.42. The maximum atomic E-state index is 11.6. The van der Waals surface area contributed by atoms with E-state index in [9.17, 15) is 4.79 Å². The van der Waals surface area contributed by atoms with Gasteiger partial charge in [0.2, 0.25) is 0 Å². The van der Waals surface area contributed by atoms with Gasteiger partial charge in [0.25, 0.3) is 0 Å². The van der Waals surface area contributed by atoms with Crippen LogP contribution in [0, 0.1) is 0 Å². The quantitative estimate of drug-likeness (QED) is 0.397. The second kappa shape index (κ2) is 7.75. The average Bonchev–Trinajstić information content (AvgIpc) is 2.67. The lowest BCUT2D eigenvalue weighted by molar-refractivity contribution is 0.0600. The summed E-state index contributed by atoms with van der Waals surface area (Å²) < 4.78 is 4.75. The number of carbonyl (C=O) groups excluding carboxylic acids is 1. The number of rotatable bonds is 5. The molecule has 0 N–H and O–H groups in total. The monoisotopic (exact) mass is 336 g/mol. The fourth-order valence-corrected chi connectivity index (χ4v) is 3.06. The van der Waals surface area contributed by atoms with Crippen molar-refractivity contribution in [3.63, 3.8) is 0 Å². The van der Waals surface area contributed by atoms with Gasteiger partial charge in [0.1, 0.15) is 11.4 Å². The molecule has 1 aromatic heterocycles. The Kier molecular flexibility index (Phi) is 5.23. The number of hydrogen-bond acceptors (Lipinski definition) is 5. The van der Waals surface area contributed by atoms with Gasteiger partial charge in [-0.3, -0.25) is 0 Å². The molecule has 0 aliphatic heterocycles. The van der Waals surface area contributed by atoms with Crippen molar-refractivity contribution in [3.8, 4) is 11.3 Å². The summed E-state index contributed by atoms with van der Waals surface area (Å²) in [6.07, 6.45) is 1.58. The van der Waals surface area contributed by atoms with Gasteiger partial charge in [-0.2, -0.15) is 0 Å². The van der Waals surface area contributed by atoms with Crippen molar-refractivity contribution in [2.75, 3.05) is 7.11 Å². The summed E-state index contributed by atoms with van der Waals surface area (Å²) in [5, 5.41) is 0.896. The first-order chi connectivity index (χ1) is 11.8. The minimum atomic E-state index is -0.324. The van der Waals surface area contributed by atoms with Crippen molar-refractivity contribution in [3.05, 3.63) is 78.1 Å². The first-order valence-electron chi connectivity index (χ1n) is 7.44. The summed E-state index contributed by atoms with van der Waals surface area (Å²) in [5.41, 5.74) is 3.57. The van der Waals surface area contributed by atoms with Crippen molar-refractivity contribution in [1.29, 1.82) is 0 Å². The molecule has 0 spiro atoms. The van der Waals surface area contributed by atoms with Gasteiger partial charge in [0.05, 0.1) is 18.4 Å². The Morgan fingerprint density at radius 1 is 1.04 bits per heavy atom. The number of esters is 1. The number of hydrogen-bond donors (Lipinski definition) is 0. The molecule has 3 aromatic rings. The molecular formula is C19H16N2O2S. The smallest absolute Gasteiger partial charge is 0.337 e. The van der Waals surface area contributed by atoms with E-state index in [0.717, 1.165) is 27.6 Å². The topological polar surface area (TPSA) is 52.1 Å². The number of thioether (sulfide) groups is 1. The number of methoxy groups -OCH3 is 1. The zero-order valence-electron chi connectivity index (χ0n) is 13.2. The molecule has 1 heterocycles. The summed E-state index contributed by atoms with van der Waals surface area (Å²) in [6, 6.07) is 19.4. The Hall–Kier alpha value is -2.66. The molecule has 0 aliphatic rings. The van der Waals surface area contributed by atoms with Gasteiger partial charge < -0.3 is 4.74 Å². The predicted octanol–water partition coefficient (Wildman–Crippen LogP) is 4.22. The summed E-state index contributed by atoms with van der Waals surface area (Å²) in [5.74, 6) is 0.394. The van der Waals surface area contributed by atoms with E-state index in [0.29, 0.717) is 5.56 Å². The molecule has 2 aromatic carbocycles. The van der Waals surface area contributed by atoms with Crippen LogP contribution in [0.5, 0.6) is 0 Å². The Bertz CT molecular complexity index is 838. The Balaban J connectivity index is 1.72. The molecule has 0 amide bonds. The van der Waals surface area contributed by atoms with Gasteiger partial charge in [-0.1, -0.05) is 42.5 Å². The van der Waals surface area contributed by atoms with Gasteiger partial charge in [-0.05, 0) is 23.8 Å². The molecule has 5 heteroatoms. The maximum Gasteiger partial charge on any atom is 0.337 e. The van der Waals surface area contributed by atoms with E-state index in [1.54, 1.807) is 24.2 Å². The highest BCUT2D eigenvalue weighted by Crippen LogP contribution is 2.25. The largest absolute Gasteiger partial charge is 0.465 e. The lowest BCUT2D eigenvalue weighted by Gasteiger charge is -2.05. The van der Waals surface area contributed by atoms with Crippen LogP contribution in [0.15, 0.2) is 72.0 Å². The molecule has 0 aliphatic carbocycles. The van der Waals surface area contributed by atoms with Crippen LogP contribution in [0.4, 0.5) is 0 Å². The third kappa shape index (κ3) is 4.00. The van der Waals surface area contributed by atoms with Gasteiger partial charge in [-0.15, -0.1) is 11.8 Å². The molecule has 0 saturated heterocycles. The third-order valence-electron chi connectivity index (χ3n) is 3.45. The van der Waals surface area contributed by atoms with Gasteiger partial charge in [-0.25, -0.2) is 14.8 Å². The number of carbonyl (C=O) groups is 1. The van der Waals surface area contributed by atoms with Crippen LogP contribution in [0.25, 0.3) is 11.3 Å². The molecule has 0 bridgehead atoms. The van der Waals surface area contributed by atoms with Crippen molar-refractivity contribution >= 4 is 17.7 Å². The summed E-state index contributed by atoms with van der Waals surface area (Å²) >= 11 is 1.61. The van der Waals surface area contributed by atoms with E-state index < -0.39 is 0 Å². The second-order valence-corrected chi connectivity index (χ2v) is 6.08. The Labute approximate surface area is 144 Å². The summed E-state index contributed by atoms with van der Waals surface area (Å²) in [6.45, 7) is 0. The lowest BCUT2D eigenvalue weighted by atomic mass is 10.1. The van der Waals surface area contributed by atoms with Crippen LogP contribution >= 0.6 is 11.8 Å². The van der Waals surface area contributed by atoms with E-state index >= 15 is 0 Å². The standard InChI is InChI=1S/C19H16N2O2S/c1-23-19(22)16-9-5-6-14(10-16)12-24-18-11-17(20-13-21-18)15-7-3-2-4-8-15/h2-11,13H,12H2,1H3. The molecule has 0 radical (unpaired) electrons. The molecule has 120 valence electrons. The Morgan fingerprint density at radius 2 is 1.88 bits per heavy atom. The molecule has 0 unspecified atom stereocenters. The van der Waals surface area contributed by atoms with Gasteiger partial charge in [0.15, 0.2) is 0 Å². The zero-order valence-corrected chi connectivity index (χ0v) is 14.0. The molecule has 0 saturated carbocycles. The van der Waals surface area contributed by atoms with E-state index in [1.165, 1.54) is 7.11 Å². The van der Waals surface area contributed by atoms with E-state index in [-0.39, 0.29) is 5.97 Å². The highest BCUT2D eigenvalue weighted by Gasteiger charge is 2.07. The zero-order chi connectivity index (χ0) is 16.8. The van der Waals surface area contributed by atoms with Crippen molar-refractivity contribution in [1.82, 2.24) is 9.97 Å². The van der Waals surface area contributed by atoms with Crippen LogP contribution in [-0.4, -0.2) is 23.0 Å². The lowest BCUT2D eigenvalue weighted by Crippen LogP contribution is -2.01. The minimum Gasteiger partial charge on any atom is -0.465 e. The minimum absolute atomic E-state index is 0.324. The van der Waals surface area contributed by atoms with Crippen LogP contribution in [0.1, 0.15) is 15.9 Å². The molecule has 0 atom stereocenters. The van der Waals surface area contributed by atoms with Crippen molar-refractivity contribution in [2.45, 2.75) is 10.8 Å². The number of aromatic nitrogens is 2. The first kappa shape index (κ1) is 16.2. The number of benzene rings is 2. The van der Waals surface area contributed by atoms with Crippen LogP contribution in [0.3, 0.4) is 0 Å². The second-order valence-electron chi connectivity index (χ2n) is 5.09. The SMILES string of the molecule is COC(=O)c1cccc(CSc2cc(-c3ccccc3)ncn2)c1. The summed E-state index contributed by atoms with van der Waals surface area (Å²) in [7, 11) is 1.38. The average molecular weight is 336 g/mol. The fraction of sp³-hybridized carbons (Fsp3) is 0.105. The van der Waals surface area contributed by atoms with Gasteiger partial charge in [0, 0.05) is 11.3 Å². The molecule has 3 rings (SSSR count). The third-order valence-corrected chi connectivity index (χ3v) is 4.44. The van der Waals surface area contributed by atoms with Crippen LogP contribution in [-0.2, 0) is 10.5 Å². The Morgan fingerprint density at radius 3 is 2.67 bits per heavy atom. The highest BCUT2D eigenvalue weighted by atomic mass is 32.2. The fourth-order valence-electron chi connectivity index (χ4n) is 2.25. The maximum absolute atomic E-state index is 11.6. The molecule has 0 fully saturated rings. The highest BCUT2D eigenvalue weighted by molar-refractivity contribution is 7.98. The number of nitrogens with zero attached hydrogens (tertiary/aromatic N) is 2.